The third-order valence-corrected chi connectivity index (χ3v) is 8.28. The minimum absolute atomic E-state index is 0.0709. The van der Waals surface area contributed by atoms with Gasteiger partial charge in [-0.15, -0.1) is 0 Å². The number of nitrogens with zero attached hydrogens (tertiary/aromatic N) is 5. The highest BCUT2D eigenvalue weighted by atomic mass is 16.2. The lowest BCUT2D eigenvalue weighted by Crippen LogP contribution is -2.41. The van der Waals surface area contributed by atoms with Gasteiger partial charge in [0, 0.05) is 41.7 Å². The van der Waals surface area contributed by atoms with Gasteiger partial charge in [-0.25, -0.2) is 15.0 Å². The van der Waals surface area contributed by atoms with Crippen LogP contribution in [-0.4, -0.2) is 49.8 Å². The van der Waals surface area contributed by atoms with E-state index in [2.05, 4.69) is 42.5 Å². The second-order valence-corrected chi connectivity index (χ2v) is 11.5. The Morgan fingerprint density at radius 2 is 2.02 bits per heavy atom. The Morgan fingerprint density at radius 1 is 1.18 bits per heavy atom. The third kappa shape index (κ3) is 6.16. The van der Waals surface area contributed by atoms with Crippen molar-refractivity contribution in [1.29, 1.82) is 5.26 Å². The van der Waals surface area contributed by atoms with Crippen LogP contribution in [0.2, 0.25) is 0 Å². The van der Waals surface area contributed by atoms with Crippen molar-refractivity contribution >= 4 is 35.0 Å². The molecule has 0 unspecified atom stereocenters. The summed E-state index contributed by atoms with van der Waals surface area (Å²) in [5, 5.41) is 18.6. The van der Waals surface area contributed by atoms with E-state index < -0.39 is 0 Å². The molecule has 44 heavy (non-hydrogen) atoms. The molecule has 0 radical (unpaired) electrons. The molecule has 0 saturated heterocycles. The van der Waals surface area contributed by atoms with Crippen molar-refractivity contribution in [3.63, 3.8) is 0 Å². The van der Waals surface area contributed by atoms with Crippen LogP contribution in [0.1, 0.15) is 78.8 Å². The number of hydrogen-bond acceptors (Lipinski definition) is 8. The zero-order chi connectivity index (χ0) is 30.6. The number of carbonyl (C=O) groups excluding carboxylic acids is 2. The SMILES string of the molecule is C[C@@H]1CC(=O)N[C@@H]2CCC[C@H](C2)c2nc(-c3ccc(C(=O)Nc4cc(C#N)ccn4)cc3)c3c(N)ncc(n23)/C=C/CCN1. The fourth-order valence-electron chi connectivity index (χ4n) is 6.13. The first-order chi connectivity index (χ1) is 21.4. The standard InChI is InChI=1S/C33H35N9O2/c1-20-15-28(43)39-25-6-4-5-24(17-25)32-41-29(30-31(35)38-19-26(42(30)32)7-2-3-13-36-20)22-8-10-23(11-9-22)33(44)40-27-16-21(18-34)12-14-37-27/h2,7-12,14,16,19-20,24-25,36H,3-6,13,15,17H2,1H3,(H2,35,38)(H,39,43)(H,37,40,44)/b7-2+/t20-,24-,25-/m1/s1. The van der Waals surface area contributed by atoms with Gasteiger partial charge >= 0.3 is 0 Å². The maximum Gasteiger partial charge on any atom is 0.256 e. The summed E-state index contributed by atoms with van der Waals surface area (Å²) < 4.78 is 2.12. The maximum atomic E-state index is 12.9. The van der Waals surface area contributed by atoms with Gasteiger partial charge in [0.15, 0.2) is 0 Å². The van der Waals surface area contributed by atoms with Gasteiger partial charge in [-0.3, -0.25) is 14.0 Å². The first-order valence-corrected chi connectivity index (χ1v) is 15.0. The lowest BCUT2D eigenvalue weighted by molar-refractivity contribution is -0.122. The molecule has 6 rings (SSSR count). The van der Waals surface area contributed by atoms with E-state index >= 15 is 0 Å². The van der Waals surface area contributed by atoms with E-state index in [-0.39, 0.29) is 29.8 Å². The normalized spacial score (nSPS) is 21.4. The lowest BCUT2D eigenvalue weighted by Gasteiger charge is -2.29. The van der Waals surface area contributed by atoms with Crippen molar-refractivity contribution in [2.75, 3.05) is 17.6 Å². The number of nitrogens with one attached hydrogen (secondary N) is 3. The summed E-state index contributed by atoms with van der Waals surface area (Å²) in [7, 11) is 0. The Balaban J connectivity index is 1.37. The van der Waals surface area contributed by atoms with Gasteiger partial charge in [-0.1, -0.05) is 24.6 Å². The molecule has 0 spiro atoms. The molecule has 2 aliphatic rings. The van der Waals surface area contributed by atoms with E-state index in [4.69, 9.17) is 16.0 Å². The van der Waals surface area contributed by atoms with Crippen molar-refractivity contribution in [3.05, 3.63) is 77.5 Å². The minimum Gasteiger partial charge on any atom is -0.382 e. The van der Waals surface area contributed by atoms with Crippen molar-refractivity contribution < 1.29 is 9.59 Å². The van der Waals surface area contributed by atoms with E-state index in [0.717, 1.165) is 61.2 Å². The lowest BCUT2D eigenvalue weighted by atomic mass is 9.85. The molecule has 1 aliphatic heterocycles. The Bertz CT molecular complexity index is 1770. The average Bonchev–Trinajstić information content (AvgIpc) is 3.43. The number of fused-ring (bicyclic) bond motifs is 3. The van der Waals surface area contributed by atoms with Crippen molar-refractivity contribution in [2.24, 2.45) is 0 Å². The van der Waals surface area contributed by atoms with Crippen LogP contribution < -0.4 is 21.7 Å². The second-order valence-electron chi connectivity index (χ2n) is 11.5. The number of pyridine rings is 1. The Hall–Kier alpha value is -5.08. The van der Waals surface area contributed by atoms with Gasteiger partial charge in [0.05, 0.1) is 23.5 Å². The van der Waals surface area contributed by atoms with Crippen LogP contribution in [0.25, 0.3) is 22.9 Å². The monoisotopic (exact) mass is 589 g/mol. The second kappa shape index (κ2) is 12.7. The molecule has 11 nitrogen and oxygen atoms in total. The van der Waals surface area contributed by atoms with Gasteiger partial charge in [0.1, 0.15) is 28.7 Å². The molecule has 4 heterocycles. The van der Waals surface area contributed by atoms with Crippen LogP contribution in [0.4, 0.5) is 11.6 Å². The predicted molar refractivity (Wildman–Crippen MR) is 169 cm³/mol. The molecule has 3 atom stereocenters. The van der Waals surface area contributed by atoms with E-state index in [1.165, 1.54) is 12.3 Å². The Morgan fingerprint density at radius 3 is 2.84 bits per heavy atom. The number of benzene rings is 1. The first kappa shape index (κ1) is 29.0. The number of amides is 2. The van der Waals surface area contributed by atoms with Crippen molar-refractivity contribution in [2.45, 2.75) is 63.5 Å². The number of nitriles is 1. The largest absolute Gasteiger partial charge is 0.382 e. The summed E-state index contributed by atoms with van der Waals surface area (Å²) in [5.74, 6) is 1.42. The van der Waals surface area contributed by atoms with Gasteiger partial charge in [0.25, 0.3) is 5.91 Å². The zero-order valence-electron chi connectivity index (χ0n) is 24.6. The summed E-state index contributed by atoms with van der Waals surface area (Å²) in [5.41, 5.74) is 10.5. The van der Waals surface area contributed by atoms with Crippen LogP contribution >= 0.6 is 0 Å². The number of aromatic nitrogens is 4. The van der Waals surface area contributed by atoms with Crippen molar-refractivity contribution in [3.8, 4) is 17.3 Å². The highest BCUT2D eigenvalue weighted by Crippen LogP contribution is 2.38. The smallest absolute Gasteiger partial charge is 0.256 e. The summed E-state index contributed by atoms with van der Waals surface area (Å²) >= 11 is 0. The predicted octanol–water partition coefficient (Wildman–Crippen LogP) is 4.42. The molecule has 1 aliphatic carbocycles. The molecular formula is C33H35N9O2. The van der Waals surface area contributed by atoms with E-state index in [1.807, 2.05) is 25.1 Å². The first-order valence-electron chi connectivity index (χ1n) is 15.0. The molecular weight excluding hydrogens is 554 g/mol. The fraction of sp³-hybridized carbons (Fsp3) is 0.333. The van der Waals surface area contributed by atoms with Crippen LogP contribution in [-0.2, 0) is 4.79 Å². The third-order valence-electron chi connectivity index (χ3n) is 8.28. The summed E-state index contributed by atoms with van der Waals surface area (Å²) in [6.07, 6.45) is 12.3. The number of nitrogen functional groups attached to an aromatic ring is 1. The summed E-state index contributed by atoms with van der Waals surface area (Å²) in [6.45, 7) is 2.80. The van der Waals surface area contributed by atoms with Gasteiger partial charge < -0.3 is 21.7 Å². The summed E-state index contributed by atoms with van der Waals surface area (Å²) in [4.78, 5) is 39.6. The van der Waals surface area contributed by atoms with Crippen molar-refractivity contribution in [1.82, 2.24) is 30.0 Å². The van der Waals surface area contributed by atoms with E-state index in [1.54, 1.807) is 24.4 Å². The van der Waals surface area contributed by atoms with Gasteiger partial charge in [0.2, 0.25) is 5.91 Å². The molecule has 2 bridgehead atoms. The molecule has 224 valence electrons. The minimum atomic E-state index is -0.338. The molecule has 1 aromatic carbocycles. The molecule has 2 amide bonds. The molecule has 1 fully saturated rings. The Kier molecular flexibility index (Phi) is 8.34. The number of nitrogens with two attached hydrogens (primary N) is 1. The number of anilines is 2. The molecule has 4 aromatic rings. The summed E-state index contributed by atoms with van der Waals surface area (Å²) in [6, 6.07) is 12.5. The zero-order valence-corrected chi connectivity index (χ0v) is 24.6. The topological polar surface area (TPSA) is 163 Å². The number of carbonyl (C=O) groups is 2. The quantitative estimate of drug-likeness (QED) is 0.273. The molecule has 5 N–H and O–H groups in total. The van der Waals surface area contributed by atoms with Crippen LogP contribution in [0, 0.1) is 11.3 Å². The Labute approximate surface area is 255 Å². The molecule has 11 heteroatoms. The van der Waals surface area contributed by atoms with Crippen LogP contribution in [0.15, 0.2) is 54.9 Å². The molecule has 1 saturated carbocycles. The molecule has 3 aromatic heterocycles. The number of rotatable bonds is 3. The highest BCUT2D eigenvalue weighted by molar-refractivity contribution is 6.04. The highest BCUT2D eigenvalue weighted by Gasteiger charge is 2.30. The van der Waals surface area contributed by atoms with E-state index in [9.17, 15) is 9.59 Å². The van der Waals surface area contributed by atoms with Gasteiger partial charge in [-0.2, -0.15) is 5.26 Å². The number of imidazole rings is 1. The average molecular weight is 590 g/mol. The number of hydrogen-bond donors (Lipinski definition) is 4. The fourth-order valence-corrected chi connectivity index (χ4v) is 6.13. The maximum absolute atomic E-state index is 12.9. The van der Waals surface area contributed by atoms with Crippen LogP contribution in [0.5, 0.6) is 0 Å². The van der Waals surface area contributed by atoms with E-state index in [0.29, 0.717) is 34.9 Å². The van der Waals surface area contributed by atoms with Crippen LogP contribution in [0.3, 0.4) is 0 Å². The van der Waals surface area contributed by atoms with Gasteiger partial charge in [-0.05, 0) is 69.5 Å².